The highest BCUT2D eigenvalue weighted by Crippen LogP contribution is 2.54. The van der Waals surface area contributed by atoms with E-state index in [9.17, 15) is 19.7 Å². The number of nitriles is 2. The lowest BCUT2D eigenvalue weighted by Gasteiger charge is -2.33. The number of anilines is 2. The van der Waals surface area contributed by atoms with E-state index in [1.165, 1.54) is 25.0 Å². The van der Waals surface area contributed by atoms with Crippen LogP contribution in [0.5, 0.6) is 6.01 Å². The van der Waals surface area contributed by atoms with E-state index in [0.29, 0.717) is 70.4 Å². The molecule has 252 valence electrons. The fourth-order valence-corrected chi connectivity index (χ4v) is 8.74. The number of carbonyl (C=O) groups is 1. The maximum Gasteiger partial charge on any atom is 0.319 e. The maximum absolute atomic E-state index is 15.0. The molecular weight excluding hydrogens is 644 g/mol. The first-order chi connectivity index (χ1) is 23.6. The molecule has 3 atom stereocenters. The van der Waals surface area contributed by atoms with Crippen molar-refractivity contribution in [1.82, 2.24) is 19.8 Å². The maximum atomic E-state index is 15.0. The topological polar surface area (TPSA) is 145 Å². The predicted octanol–water partition coefficient (Wildman–Crippen LogP) is 5.08. The molecule has 1 amide bonds. The van der Waals surface area contributed by atoms with Gasteiger partial charge in [0.05, 0.1) is 46.1 Å². The van der Waals surface area contributed by atoms with Crippen LogP contribution in [0.2, 0.25) is 0 Å². The van der Waals surface area contributed by atoms with Crippen LogP contribution in [0.15, 0.2) is 36.9 Å². The number of hydrogen-bond acceptors (Lipinski definition) is 11. The number of thiophene rings is 1. The minimum Gasteiger partial charge on any atom is -0.462 e. The molecule has 1 unspecified atom stereocenters. The summed E-state index contributed by atoms with van der Waals surface area (Å²) < 4.78 is 27.1. The largest absolute Gasteiger partial charge is 0.462 e. The van der Waals surface area contributed by atoms with Gasteiger partial charge in [-0.05, 0) is 68.0 Å². The molecule has 3 aliphatic rings. The molecule has 3 fully saturated rings. The van der Waals surface area contributed by atoms with Crippen LogP contribution in [-0.4, -0.2) is 91.3 Å². The Kier molecular flexibility index (Phi) is 8.39. The van der Waals surface area contributed by atoms with E-state index in [1.807, 2.05) is 11.9 Å². The first kappa shape index (κ1) is 32.7. The Morgan fingerprint density at radius 1 is 1.24 bits per heavy atom. The van der Waals surface area contributed by atoms with Crippen LogP contribution in [0.3, 0.4) is 0 Å². The molecule has 2 aromatic carbocycles. The van der Waals surface area contributed by atoms with Gasteiger partial charge in [-0.25, -0.2) is 4.39 Å². The minimum absolute atomic E-state index is 0.167. The number of nitrogen functional groups attached to an aromatic ring is 1. The van der Waals surface area contributed by atoms with Crippen molar-refractivity contribution in [3.05, 3.63) is 53.9 Å². The smallest absolute Gasteiger partial charge is 0.319 e. The zero-order valence-electron chi connectivity index (χ0n) is 27.7. The van der Waals surface area contributed by atoms with Gasteiger partial charge in [0, 0.05) is 49.6 Å². The van der Waals surface area contributed by atoms with E-state index in [0.717, 1.165) is 24.3 Å². The SMILES string of the molecule is C=CC(=O)N1CCC(N(C)c2nc(OC[C@@H]3CC4(CC4)CN3C)nc3cc(-c4ccc(F)c5sc(N)c(C#N)c45)c(C#N)cc23)[C@H]1COC. The van der Waals surface area contributed by atoms with Gasteiger partial charge in [-0.2, -0.15) is 20.5 Å². The number of halogens is 1. The number of rotatable bonds is 9. The molecule has 11 nitrogen and oxygen atoms in total. The van der Waals surface area contributed by atoms with Crippen LogP contribution in [0.1, 0.15) is 36.8 Å². The van der Waals surface area contributed by atoms with E-state index in [4.69, 9.17) is 25.2 Å². The Morgan fingerprint density at radius 2 is 2.04 bits per heavy atom. The van der Waals surface area contributed by atoms with Gasteiger partial charge in [0.1, 0.15) is 29.3 Å². The van der Waals surface area contributed by atoms with Crippen molar-refractivity contribution < 1.29 is 18.7 Å². The lowest BCUT2D eigenvalue weighted by Crippen LogP contribution is -2.48. The Bertz CT molecular complexity index is 2080. The van der Waals surface area contributed by atoms with E-state index >= 15 is 0 Å². The van der Waals surface area contributed by atoms with Crippen LogP contribution in [0.4, 0.5) is 15.2 Å². The number of nitrogens with zero attached hydrogens (tertiary/aromatic N) is 7. The molecule has 0 bridgehead atoms. The second-order valence-corrected chi connectivity index (χ2v) is 14.5. The summed E-state index contributed by atoms with van der Waals surface area (Å²) in [7, 11) is 5.65. The molecule has 2 aromatic heterocycles. The third kappa shape index (κ3) is 5.62. The van der Waals surface area contributed by atoms with Gasteiger partial charge in [-0.1, -0.05) is 12.6 Å². The van der Waals surface area contributed by atoms with Gasteiger partial charge < -0.3 is 25.0 Å². The van der Waals surface area contributed by atoms with Crippen molar-refractivity contribution in [2.75, 3.05) is 58.1 Å². The summed E-state index contributed by atoms with van der Waals surface area (Å²) in [5.41, 5.74) is 8.52. The molecule has 2 N–H and O–H groups in total. The van der Waals surface area contributed by atoms with E-state index < -0.39 is 5.82 Å². The highest BCUT2D eigenvalue weighted by atomic mass is 32.1. The number of ether oxygens (including phenoxy) is 2. The zero-order valence-corrected chi connectivity index (χ0v) is 28.5. The number of amides is 1. The molecule has 0 radical (unpaired) electrons. The normalized spacial score (nSPS) is 21.3. The van der Waals surface area contributed by atoms with Crippen molar-refractivity contribution in [2.24, 2.45) is 5.41 Å². The van der Waals surface area contributed by atoms with Crippen LogP contribution >= 0.6 is 11.3 Å². The van der Waals surface area contributed by atoms with Gasteiger partial charge in [0.25, 0.3) is 0 Å². The summed E-state index contributed by atoms with van der Waals surface area (Å²) in [5, 5.41) is 21.6. The molecule has 1 saturated carbocycles. The second kappa shape index (κ2) is 12.6. The van der Waals surface area contributed by atoms with Crippen molar-refractivity contribution in [1.29, 1.82) is 10.5 Å². The highest BCUT2D eigenvalue weighted by Gasteiger charge is 2.51. The zero-order chi connectivity index (χ0) is 34.6. The fourth-order valence-electron chi connectivity index (χ4n) is 7.80. The van der Waals surface area contributed by atoms with Gasteiger partial charge in [0.15, 0.2) is 0 Å². The van der Waals surface area contributed by atoms with E-state index in [1.54, 1.807) is 30.2 Å². The summed E-state index contributed by atoms with van der Waals surface area (Å²) >= 11 is 1.01. The van der Waals surface area contributed by atoms with Crippen LogP contribution < -0.4 is 15.4 Å². The van der Waals surface area contributed by atoms with Crippen LogP contribution in [0.25, 0.3) is 32.1 Å². The molecule has 4 heterocycles. The number of likely N-dealkylation sites (tertiary alicyclic amines) is 2. The average Bonchev–Trinajstić information content (AvgIpc) is 3.40. The first-order valence-electron chi connectivity index (χ1n) is 16.3. The van der Waals surface area contributed by atoms with Crippen molar-refractivity contribution >= 4 is 49.1 Å². The number of nitrogens with two attached hydrogens (primary N) is 1. The molecule has 4 aromatic rings. The lowest BCUT2D eigenvalue weighted by atomic mass is 9.94. The van der Waals surface area contributed by atoms with Gasteiger partial charge >= 0.3 is 6.01 Å². The third-order valence-corrected chi connectivity index (χ3v) is 11.5. The summed E-state index contributed by atoms with van der Waals surface area (Å²) in [4.78, 5) is 28.7. The summed E-state index contributed by atoms with van der Waals surface area (Å²) in [5.74, 6) is -0.118. The molecule has 2 saturated heterocycles. The molecule has 7 rings (SSSR count). The molecule has 2 aliphatic heterocycles. The van der Waals surface area contributed by atoms with E-state index in [-0.39, 0.29) is 45.3 Å². The van der Waals surface area contributed by atoms with Crippen LogP contribution in [-0.2, 0) is 9.53 Å². The van der Waals surface area contributed by atoms with Crippen LogP contribution in [0, 0.1) is 33.9 Å². The minimum atomic E-state index is -0.491. The fraction of sp³-hybridized carbons (Fsp3) is 0.417. The van der Waals surface area contributed by atoms with Gasteiger partial charge in [0.2, 0.25) is 5.91 Å². The Hall–Kier alpha value is -4.82. The number of benzene rings is 2. The van der Waals surface area contributed by atoms with E-state index in [2.05, 4.69) is 30.7 Å². The molecule has 1 aliphatic carbocycles. The summed E-state index contributed by atoms with van der Waals surface area (Å²) in [6.07, 6.45) is 5.53. The van der Waals surface area contributed by atoms with Crippen molar-refractivity contribution in [2.45, 2.75) is 43.8 Å². The average molecular weight is 681 g/mol. The Morgan fingerprint density at radius 3 is 2.71 bits per heavy atom. The monoisotopic (exact) mass is 680 g/mol. The first-order valence-corrected chi connectivity index (χ1v) is 17.1. The third-order valence-electron chi connectivity index (χ3n) is 10.5. The lowest BCUT2D eigenvalue weighted by molar-refractivity contribution is -0.127. The summed E-state index contributed by atoms with van der Waals surface area (Å²) in [6.45, 7) is 5.99. The molecule has 1 spiro atoms. The van der Waals surface area contributed by atoms with Crippen molar-refractivity contribution in [3.63, 3.8) is 0 Å². The number of methoxy groups -OCH3 is 1. The van der Waals surface area contributed by atoms with Gasteiger partial charge in [-0.3, -0.25) is 9.69 Å². The van der Waals surface area contributed by atoms with Gasteiger partial charge in [-0.15, -0.1) is 11.3 Å². The molecule has 13 heteroatoms. The Labute approximate surface area is 287 Å². The molecule has 49 heavy (non-hydrogen) atoms. The number of fused-ring (bicyclic) bond motifs is 2. The standard InChI is InChI=1S/C36H37FN8O3S/c1-5-30(46)45-11-8-28(29(45)18-47-4)44(3)34-24-12-20(15-38)23(22-6-7-26(37)32-31(22)25(16-39)33(40)49-32)13-27(24)41-35(42-34)48-17-21-14-36(9-10-36)19-43(21)2/h5-7,12-13,21,28-29H,1,8-11,14,17-19,40H2,2-4H3/t21-,28?,29+/m0/s1. The second-order valence-electron chi connectivity index (χ2n) is 13.4. The number of aromatic nitrogens is 2. The number of carbonyl (C=O) groups excluding carboxylic acids is 1. The quantitative estimate of drug-likeness (QED) is 0.238. The summed E-state index contributed by atoms with van der Waals surface area (Å²) in [6, 6.07) is 10.8. The Balaban J connectivity index is 1.36. The van der Waals surface area contributed by atoms with Crippen molar-refractivity contribution in [3.8, 4) is 29.3 Å². The number of hydrogen-bond donors (Lipinski definition) is 1. The molecular formula is C36H37FN8O3S. The number of likely N-dealkylation sites (N-methyl/N-ethyl adjacent to an activating group) is 2. The predicted molar refractivity (Wildman–Crippen MR) is 187 cm³/mol. The highest BCUT2D eigenvalue weighted by molar-refractivity contribution is 7.23.